The summed E-state index contributed by atoms with van der Waals surface area (Å²) in [6.45, 7) is 3.99. The molecule has 2 rings (SSSR count). The van der Waals surface area contributed by atoms with Crippen LogP contribution in [0.4, 0.5) is 0 Å². The summed E-state index contributed by atoms with van der Waals surface area (Å²) >= 11 is 0. The Hall–Kier alpha value is -2.22. The van der Waals surface area contributed by atoms with E-state index in [-0.39, 0.29) is 23.4 Å². The highest BCUT2D eigenvalue weighted by atomic mass is 16.1. The van der Waals surface area contributed by atoms with Gasteiger partial charge in [0, 0.05) is 23.0 Å². The van der Waals surface area contributed by atoms with Crippen LogP contribution in [0.3, 0.4) is 0 Å². The average Bonchev–Trinajstić information content (AvgIpc) is 2.65. The SMILES string of the molecule is CC(CCCCC(C)C(=O)c1ccccc1)C(=O)c1ccccc1. The summed E-state index contributed by atoms with van der Waals surface area (Å²) in [6.07, 6.45) is 3.71. The molecule has 0 saturated carbocycles. The summed E-state index contributed by atoms with van der Waals surface area (Å²) in [5.74, 6) is 0.494. The minimum Gasteiger partial charge on any atom is -0.294 e. The first-order chi connectivity index (χ1) is 11.6. The highest BCUT2D eigenvalue weighted by Crippen LogP contribution is 2.19. The molecule has 0 aliphatic carbocycles. The van der Waals surface area contributed by atoms with Crippen LogP contribution in [-0.2, 0) is 0 Å². The predicted octanol–water partition coefficient (Wildman–Crippen LogP) is 5.58. The van der Waals surface area contributed by atoms with Crippen LogP contribution in [0.5, 0.6) is 0 Å². The van der Waals surface area contributed by atoms with E-state index in [1.807, 2.05) is 74.5 Å². The van der Waals surface area contributed by atoms with E-state index in [4.69, 9.17) is 0 Å². The van der Waals surface area contributed by atoms with Gasteiger partial charge in [0.15, 0.2) is 11.6 Å². The van der Waals surface area contributed by atoms with Crippen molar-refractivity contribution < 1.29 is 9.59 Å². The van der Waals surface area contributed by atoms with Crippen molar-refractivity contribution in [3.05, 3.63) is 71.8 Å². The molecule has 2 heteroatoms. The van der Waals surface area contributed by atoms with Gasteiger partial charge in [-0.3, -0.25) is 9.59 Å². The van der Waals surface area contributed by atoms with Gasteiger partial charge in [0.25, 0.3) is 0 Å². The molecule has 0 amide bonds. The van der Waals surface area contributed by atoms with Gasteiger partial charge >= 0.3 is 0 Å². The zero-order chi connectivity index (χ0) is 17.4. The van der Waals surface area contributed by atoms with Gasteiger partial charge in [0.1, 0.15) is 0 Å². The van der Waals surface area contributed by atoms with Crippen LogP contribution in [-0.4, -0.2) is 11.6 Å². The Bertz CT molecular complexity index is 587. The molecule has 24 heavy (non-hydrogen) atoms. The summed E-state index contributed by atoms with van der Waals surface area (Å²) < 4.78 is 0. The third-order valence-electron chi connectivity index (χ3n) is 4.54. The van der Waals surface area contributed by atoms with E-state index in [1.165, 1.54) is 0 Å². The minimum absolute atomic E-state index is 0.0348. The molecule has 0 radical (unpaired) electrons. The monoisotopic (exact) mass is 322 g/mol. The molecule has 0 saturated heterocycles. The summed E-state index contributed by atoms with van der Waals surface area (Å²) in [5, 5.41) is 0. The highest BCUT2D eigenvalue weighted by Gasteiger charge is 2.16. The number of rotatable bonds is 9. The van der Waals surface area contributed by atoms with Crippen LogP contribution < -0.4 is 0 Å². The molecule has 2 aromatic rings. The van der Waals surface area contributed by atoms with Crippen LogP contribution in [0.25, 0.3) is 0 Å². The average molecular weight is 322 g/mol. The molecular weight excluding hydrogens is 296 g/mol. The highest BCUT2D eigenvalue weighted by molar-refractivity contribution is 5.98. The van der Waals surface area contributed by atoms with Crippen molar-refractivity contribution in [1.29, 1.82) is 0 Å². The van der Waals surface area contributed by atoms with Gasteiger partial charge < -0.3 is 0 Å². The fourth-order valence-corrected chi connectivity index (χ4v) is 2.94. The third kappa shape index (κ3) is 5.16. The second kappa shape index (κ2) is 9.17. The van der Waals surface area contributed by atoms with Gasteiger partial charge in [-0.2, -0.15) is 0 Å². The molecule has 2 unspecified atom stereocenters. The van der Waals surface area contributed by atoms with Crippen molar-refractivity contribution in [2.75, 3.05) is 0 Å². The molecule has 0 aromatic heterocycles. The van der Waals surface area contributed by atoms with E-state index in [1.54, 1.807) is 0 Å². The molecule has 2 nitrogen and oxygen atoms in total. The standard InChI is InChI=1S/C22H26O2/c1-17(21(23)19-13-5-3-6-14-19)11-9-10-12-18(2)22(24)20-15-7-4-8-16-20/h3-8,13-18H,9-12H2,1-2H3. The normalized spacial score (nSPS) is 13.2. The molecule has 0 bridgehead atoms. The fraction of sp³-hybridized carbons (Fsp3) is 0.364. The lowest BCUT2D eigenvalue weighted by Gasteiger charge is -2.13. The number of carbonyl (C=O) groups excluding carboxylic acids is 2. The van der Waals surface area contributed by atoms with E-state index in [2.05, 4.69) is 0 Å². The molecule has 0 heterocycles. The maximum absolute atomic E-state index is 12.3. The number of benzene rings is 2. The van der Waals surface area contributed by atoms with Crippen LogP contribution in [0.2, 0.25) is 0 Å². The zero-order valence-electron chi connectivity index (χ0n) is 14.6. The Morgan fingerprint density at radius 2 is 1.00 bits per heavy atom. The quantitative estimate of drug-likeness (QED) is 0.446. The van der Waals surface area contributed by atoms with Gasteiger partial charge in [-0.15, -0.1) is 0 Å². The van der Waals surface area contributed by atoms with Crippen molar-refractivity contribution >= 4 is 11.6 Å². The first-order valence-corrected chi connectivity index (χ1v) is 8.78. The van der Waals surface area contributed by atoms with E-state index in [0.29, 0.717) is 0 Å². The molecule has 2 atom stereocenters. The number of unbranched alkanes of at least 4 members (excludes halogenated alkanes) is 1. The maximum atomic E-state index is 12.3. The molecular formula is C22H26O2. The molecule has 0 aliphatic heterocycles. The first kappa shape index (κ1) is 18.1. The van der Waals surface area contributed by atoms with Crippen molar-refractivity contribution in [1.82, 2.24) is 0 Å². The summed E-state index contributed by atoms with van der Waals surface area (Å²) in [5.41, 5.74) is 1.58. The number of hydrogen-bond acceptors (Lipinski definition) is 2. The number of hydrogen-bond donors (Lipinski definition) is 0. The van der Waals surface area contributed by atoms with Gasteiger partial charge in [0.2, 0.25) is 0 Å². The Kier molecular flexibility index (Phi) is 6.92. The third-order valence-corrected chi connectivity index (χ3v) is 4.54. The summed E-state index contributed by atoms with van der Waals surface area (Å²) in [6, 6.07) is 18.9. The van der Waals surface area contributed by atoms with Gasteiger partial charge in [-0.05, 0) is 12.8 Å². The lowest BCUT2D eigenvalue weighted by Crippen LogP contribution is -2.13. The minimum atomic E-state index is 0.0348. The van der Waals surface area contributed by atoms with E-state index < -0.39 is 0 Å². The van der Waals surface area contributed by atoms with Crippen molar-refractivity contribution in [3.8, 4) is 0 Å². The van der Waals surface area contributed by atoms with Gasteiger partial charge in [-0.1, -0.05) is 87.4 Å². The van der Waals surface area contributed by atoms with Crippen LogP contribution in [0, 0.1) is 11.8 Å². The van der Waals surface area contributed by atoms with Gasteiger partial charge in [-0.25, -0.2) is 0 Å². The topological polar surface area (TPSA) is 34.1 Å². The van der Waals surface area contributed by atoms with Crippen LogP contribution >= 0.6 is 0 Å². The predicted molar refractivity (Wildman–Crippen MR) is 98.3 cm³/mol. The Labute approximate surface area is 144 Å². The summed E-state index contributed by atoms with van der Waals surface area (Å²) in [7, 11) is 0. The summed E-state index contributed by atoms with van der Waals surface area (Å²) in [4.78, 5) is 24.6. The first-order valence-electron chi connectivity index (χ1n) is 8.78. The Morgan fingerprint density at radius 1 is 0.667 bits per heavy atom. The molecule has 126 valence electrons. The second-order valence-electron chi connectivity index (χ2n) is 6.55. The molecule has 0 spiro atoms. The van der Waals surface area contributed by atoms with Gasteiger partial charge in [0.05, 0.1) is 0 Å². The number of ketones is 2. The molecule has 0 fully saturated rings. The Balaban J connectivity index is 1.72. The largest absolute Gasteiger partial charge is 0.294 e. The number of Topliss-reactive ketones (excluding diaryl/α,β-unsaturated/α-hetero) is 2. The van der Waals surface area contributed by atoms with Crippen LogP contribution in [0.15, 0.2) is 60.7 Å². The van der Waals surface area contributed by atoms with E-state index in [0.717, 1.165) is 36.8 Å². The molecule has 2 aromatic carbocycles. The molecule has 0 aliphatic rings. The van der Waals surface area contributed by atoms with E-state index >= 15 is 0 Å². The van der Waals surface area contributed by atoms with Crippen molar-refractivity contribution in [3.63, 3.8) is 0 Å². The lowest BCUT2D eigenvalue weighted by molar-refractivity contribution is 0.0905. The maximum Gasteiger partial charge on any atom is 0.165 e. The number of carbonyl (C=O) groups is 2. The van der Waals surface area contributed by atoms with E-state index in [9.17, 15) is 9.59 Å². The van der Waals surface area contributed by atoms with Crippen molar-refractivity contribution in [2.45, 2.75) is 39.5 Å². The fourth-order valence-electron chi connectivity index (χ4n) is 2.94. The zero-order valence-corrected chi connectivity index (χ0v) is 14.6. The lowest BCUT2D eigenvalue weighted by atomic mass is 9.91. The van der Waals surface area contributed by atoms with Crippen LogP contribution in [0.1, 0.15) is 60.2 Å². The van der Waals surface area contributed by atoms with Crippen molar-refractivity contribution in [2.24, 2.45) is 11.8 Å². The second-order valence-corrected chi connectivity index (χ2v) is 6.55. The Morgan fingerprint density at radius 3 is 1.33 bits per heavy atom. The smallest absolute Gasteiger partial charge is 0.165 e. The molecule has 0 N–H and O–H groups in total.